The fourth-order valence-electron chi connectivity index (χ4n) is 2.47. The van der Waals surface area contributed by atoms with Gasteiger partial charge in [-0.1, -0.05) is 6.07 Å². The summed E-state index contributed by atoms with van der Waals surface area (Å²) < 4.78 is 12.9. The molecule has 1 unspecified atom stereocenters. The predicted molar refractivity (Wildman–Crippen MR) is 68.5 cm³/mol. The number of hydrogen-bond acceptors (Lipinski definition) is 2. The number of likely N-dealkylation sites (tertiary alicyclic amines) is 1. The fraction of sp³-hybridized carbons (Fsp3) is 0.571. The van der Waals surface area contributed by atoms with Crippen molar-refractivity contribution in [3.8, 4) is 0 Å². The van der Waals surface area contributed by atoms with Crippen LogP contribution in [0.25, 0.3) is 0 Å². The average Bonchev–Trinajstić information content (AvgIpc) is 2.68. The minimum atomic E-state index is -0.151. The Hall–Kier alpha value is -0.930. The van der Waals surface area contributed by atoms with Gasteiger partial charge in [0.05, 0.1) is 0 Å². The van der Waals surface area contributed by atoms with Crippen LogP contribution in [-0.2, 0) is 6.54 Å². The SMILES string of the molecule is Cc1cc(F)ccc1CNCC1CCCN1C. The first kappa shape index (κ1) is 12.5. The van der Waals surface area contributed by atoms with Crippen LogP contribution in [0.15, 0.2) is 18.2 Å². The van der Waals surface area contributed by atoms with Crippen molar-refractivity contribution < 1.29 is 4.39 Å². The molecule has 17 heavy (non-hydrogen) atoms. The van der Waals surface area contributed by atoms with Crippen LogP contribution in [0.1, 0.15) is 24.0 Å². The highest BCUT2D eigenvalue weighted by Gasteiger charge is 2.19. The molecule has 1 aliphatic heterocycles. The Morgan fingerprint density at radius 3 is 2.94 bits per heavy atom. The highest BCUT2D eigenvalue weighted by atomic mass is 19.1. The molecule has 1 heterocycles. The van der Waals surface area contributed by atoms with E-state index in [1.807, 2.05) is 13.0 Å². The van der Waals surface area contributed by atoms with E-state index < -0.39 is 0 Å². The maximum atomic E-state index is 12.9. The molecule has 1 saturated heterocycles. The number of aryl methyl sites for hydroxylation is 1. The second-order valence-electron chi connectivity index (χ2n) is 4.98. The van der Waals surface area contributed by atoms with Crippen molar-refractivity contribution in [2.75, 3.05) is 20.1 Å². The van der Waals surface area contributed by atoms with Crippen LogP contribution in [0.4, 0.5) is 4.39 Å². The highest BCUT2D eigenvalue weighted by molar-refractivity contribution is 5.26. The molecule has 0 aliphatic carbocycles. The summed E-state index contributed by atoms with van der Waals surface area (Å²) in [5, 5.41) is 3.47. The maximum Gasteiger partial charge on any atom is 0.123 e. The molecule has 2 nitrogen and oxygen atoms in total. The monoisotopic (exact) mass is 236 g/mol. The van der Waals surface area contributed by atoms with E-state index in [0.29, 0.717) is 6.04 Å². The van der Waals surface area contributed by atoms with E-state index >= 15 is 0 Å². The highest BCUT2D eigenvalue weighted by Crippen LogP contribution is 2.14. The number of nitrogens with one attached hydrogen (secondary N) is 1. The van der Waals surface area contributed by atoms with Gasteiger partial charge in [0.1, 0.15) is 5.82 Å². The van der Waals surface area contributed by atoms with Gasteiger partial charge in [0, 0.05) is 19.1 Å². The summed E-state index contributed by atoms with van der Waals surface area (Å²) in [4.78, 5) is 2.41. The number of rotatable bonds is 4. The first-order valence-corrected chi connectivity index (χ1v) is 6.33. The topological polar surface area (TPSA) is 15.3 Å². The molecule has 1 atom stereocenters. The van der Waals surface area contributed by atoms with Crippen LogP contribution in [0, 0.1) is 12.7 Å². The Morgan fingerprint density at radius 1 is 1.47 bits per heavy atom. The largest absolute Gasteiger partial charge is 0.311 e. The van der Waals surface area contributed by atoms with E-state index in [9.17, 15) is 4.39 Å². The Kier molecular flexibility index (Phi) is 4.13. The summed E-state index contributed by atoms with van der Waals surface area (Å²) in [5.41, 5.74) is 2.21. The summed E-state index contributed by atoms with van der Waals surface area (Å²) in [7, 11) is 2.18. The quantitative estimate of drug-likeness (QED) is 0.863. The van der Waals surface area contributed by atoms with Crippen LogP contribution >= 0.6 is 0 Å². The lowest BCUT2D eigenvalue weighted by Gasteiger charge is -2.20. The van der Waals surface area contributed by atoms with Gasteiger partial charge in [-0.2, -0.15) is 0 Å². The number of halogens is 1. The molecule has 2 rings (SSSR count). The first-order valence-electron chi connectivity index (χ1n) is 6.33. The average molecular weight is 236 g/mol. The van der Waals surface area contributed by atoms with Crippen molar-refractivity contribution in [1.82, 2.24) is 10.2 Å². The van der Waals surface area contributed by atoms with Crippen LogP contribution in [-0.4, -0.2) is 31.1 Å². The van der Waals surface area contributed by atoms with E-state index in [0.717, 1.165) is 18.7 Å². The van der Waals surface area contributed by atoms with Gasteiger partial charge in [-0.3, -0.25) is 0 Å². The normalized spacial score (nSPS) is 21.0. The standard InChI is InChI=1S/C14H21FN2/c1-11-8-13(15)6-5-12(11)9-16-10-14-4-3-7-17(14)2/h5-6,8,14,16H,3-4,7,9-10H2,1-2H3. The zero-order valence-corrected chi connectivity index (χ0v) is 10.7. The molecule has 0 amide bonds. The van der Waals surface area contributed by atoms with Gasteiger partial charge < -0.3 is 10.2 Å². The van der Waals surface area contributed by atoms with Crippen LogP contribution in [0.3, 0.4) is 0 Å². The third kappa shape index (κ3) is 3.27. The molecule has 0 saturated carbocycles. The zero-order valence-electron chi connectivity index (χ0n) is 10.7. The molecule has 0 radical (unpaired) electrons. The number of benzene rings is 1. The molecule has 1 aliphatic rings. The minimum absolute atomic E-state index is 0.151. The minimum Gasteiger partial charge on any atom is -0.311 e. The Labute approximate surface area is 103 Å². The first-order chi connectivity index (χ1) is 8.16. The van der Waals surface area contributed by atoms with E-state index in [1.165, 1.54) is 31.0 Å². The molecule has 1 aromatic rings. The van der Waals surface area contributed by atoms with Gasteiger partial charge in [-0.25, -0.2) is 4.39 Å². The van der Waals surface area contributed by atoms with Crippen molar-refractivity contribution in [1.29, 1.82) is 0 Å². The molecule has 1 fully saturated rings. The predicted octanol–water partition coefficient (Wildman–Crippen LogP) is 2.32. The second-order valence-corrected chi connectivity index (χ2v) is 4.98. The number of hydrogen-bond donors (Lipinski definition) is 1. The molecule has 3 heteroatoms. The summed E-state index contributed by atoms with van der Waals surface area (Å²) in [6, 6.07) is 5.66. The van der Waals surface area contributed by atoms with Gasteiger partial charge in [0.15, 0.2) is 0 Å². The van der Waals surface area contributed by atoms with Crippen molar-refractivity contribution in [3.63, 3.8) is 0 Å². The van der Waals surface area contributed by atoms with Gasteiger partial charge in [0.2, 0.25) is 0 Å². The van der Waals surface area contributed by atoms with Crippen LogP contribution in [0.5, 0.6) is 0 Å². The van der Waals surface area contributed by atoms with Crippen molar-refractivity contribution in [3.05, 3.63) is 35.1 Å². The summed E-state index contributed by atoms with van der Waals surface area (Å²) in [5.74, 6) is -0.151. The maximum absolute atomic E-state index is 12.9. The van der Waals surface area contributed by atoms with Gasteiger partial charge >= 0.3 is 0 Å². The molecule has 1 aromatic carbocycles. The number of likely N-dealkylation sites (N-methyl/N-ethyl adjacent to an activating group) is 1. The van der Waals surface area contributed by atoms with E-state index in [2.05, 4.69) is 17.3 Å². The molecule has 0 spiro atoms. The lowest BCUT2D eigenvalue weighted by Crippen LogP contribution is -2.35. The number of nitrogens with zero attached hydrogens (tertiary/aromatic N) is 1. The van der Waals surface area contributed by atoms with E-state index in [4.69, 9.17) is 0 Å². The van der Waals surface area contributed by atoms with E-state index in [-0.39, 0.29) is 5.82 Å². The summed E-state index contributed by atoms with van der Waals surface area (Å²) in [6.45, 7) is 5.02. The van der Waals surface area contributed by atoms with Gasteiger partial charge in [-0.15, -0.1) is 0 Å². The molecule has 1 N–H and O–H groups in total. The second kappa shape index (κ2) is 5.61. The lowest BCUT2D eigenvalue weighted by atomic mass is 10.1. The Balaban J connectivity index is 1.81. The molecule has 0 aromatic heterocycles. The van der Waals surface area contributed by atoms with Crippen molar-refractivity contribution in [2.24, 2.45) is 0 Å². The molecule has 94 valence electrons. The Morgan fingerprint density at radius 2 is 2.29 bits per heavy atom. The van der Waals surface area contributed by atoms with Crippen molar-refractivity contribution >= 4 is 0 Å². The van der Waals surface area contributed by atoms with E-state index in [1.54, 1.807) is 6.07 Å². The zero-order chi connectivity index (χ0) is 12.3. The molecular formula is C14H21FN2. The molecule has 0 bridgehead atoms. The lowest BCUT2D eigenvalue weighted by molar-refractivity contribution is 0.300. The Bertz CT molecular complexity index is 378. The third-order valence-electron chi connectivity index (χ3n) is 3.67. The van der Waals surface area contributed by atoms with Gasteiger partial charge in [0.25, 0.3) is 0 Å². The fourth-order valence-corrected chi connectivity index (χ4v) is 2.47. The summed E-state index contributed by atoms with van der Waals surface area (Å²) >= 11 is 0. The molecular weight excluding hydrogens is 215 g/mol. The third-order valence-corrected chi connectivity index (χ3v) is 3.67. The van der Waals surface area contributed by atoms with Crippen LogP contribution < -0.4 is 5.32 Å². The summed E-state index contributed by atoms with van der Waals surface area (Å²) in [6.07, 6.45) is 2.59. The smallest absolute Gasteiger partial charge is 0.123 e. The van der Waals surface area contributed by atoms with Crippen LogP contribution in [0.2, 0.25) is 0 Å². The van der Waals surface area contributed by atoms with Gasteiger partial charge in [-0.05, 0) is 56.6 Å². The van der Waals surface area contributed by atoms with Crippen molar-refractivity contribution in [2.45, 2.75) is 32.4 Å².